The highest BCUT2D eigenvalue weighted by atomic mass is 32.1. The number of rotatable bonds is 1. The smallest absolute Gasteiger partial charge is 0.236 e. The van der Waals surface area contributed by atoms with Gasteiger partial charge in [-0.25, -0.2) is 0 Å². The molecule has 2 rings (SSSR count). The highest BCUT2D eigenvalue weighted by Crippen LogP contribution is 2.30. The van der Waals surface area contributed by atoms with Crippen molar-refractivity contribution in [3.8, 4) is 11.5 Å². The summed E-state index contributed by atoms with van der Waals surface area (Å²) in [7, 11) is 0. The van der Waals surface area contributed by atoms with Crippen LogP contribution < -0.4 is 5.32 Å². The summed E-state index contributed by atoms with van der Waals surface area (Å²) in [5.41, 5.74) is 0.558. The van der Waals surface area contributed by atoms with Crippen molar-refractivity contribution >= 4 is 23.0 Å². The van der Waals surface area contributed by atoms with E-state index in [1.165, 1.54) is 18.3 Å². The predicted octanol–water partition coefficient (Wildman–Crippen LogP) is 1.19. The zero-order valence-corrected chi connectivity index (χ0v) is 8.99. The summed E-state index contributed by atoms with van der Waals surface area (Å²) in [5, 5.41) is 21.1. The second kappa shape index (κ2) is 3.94. The third kappa shape index (κ3) is 1.77. The van der Waals surface area contributed by atoms with Gasteiger partial charge in [0.1, 0.15) is 0 Å². The topological polar surface area (TPSA) is 69.6 Å². The van der Waals surface area contributed by atoms with Crippen LogP contribution in [0.15, 0.2) is 30.5 Å². The summed E-state index contributed by atoms with van der Waals surface area (Å²) in [5.74, 6) is -1.31. The average molecular weight is 235 g/mol. The van der Waals surface area contributed by atoms with E-state index >= 15 is 0 Å². The largest absolute Gasteiger partial charge is 0.504 e. The summed E-state index contributed by atoms with van der Waals surface area (Å²) in [6.45, 7) is 0. The lowest BCUT2D eigenvalue weighted by Crippen LogP contribution is -2.33. The molecule has 0 radical (unpaired) electrons. The molecule has 0 saturated heterocycles. The normalized spacial score (nSPS) is 19.6. The lowest BCUT2D eigenvalue weighted by Gasteiger charge is -2.19. The Morgan fingerprint density at radius 2 is 2.00 bits per heavy atom. The maximum Gasteiger partial charge on any atom is 0.236 e. The number of phenols is 2. The number of hydrogen-bond donors (Lipinski definition) is 3. The molecule has 1 heterocycles. The molecule has 0 fully saturated rings. The van der Waals surface area contributed by atoms with Gasteiger partial charge >= 0.3 is 0 Å². The van der Waals surface area contributed by atoms with E-state index < -0.39 is 5.92 Å². The van der Waals surface area contributed by atoms with Crippen molar-refractivity contribution < 1.29 is 15.0 Å². The molecule has 1 amide bonds. The number of benzene rings is 1. The van der Waals surface area contributed by atoms with Gasteiger partial charge in [0.2, 0.25) is 5.91 Å². The van der Waals surface area contributed by atoms with Gasteiger partial charge in [-0.1, -0.05) is 18.3 Å². The summed E-state index contributed by atoms with van der Waals surface area (Å²) in [6.07, 6.45) is 3.12. The summed E-state index contributed by atoms with van der Waals surface area (Å²) in [4.78, 5) is 12.1. The van der Waals surface area contributed by atoms with Crippen molar-refractivity contribution in [1.82, 2.24) is 5.32 Å². The standard InChI is InChI=1S/C11H9NO3S/c13-7-2-1-6(5-8(7)14)10-9(16)3-4-12-11(10)15/h1-5,10,13-14H,(H,12,15). The number of aromatic hydroxyl groups is 2. The molecule has 1 unspecified atom stereocenters. The molecule has 1 aromatic carbocycles. The Bertz CT molecular complexity index is 496. The fourth-order valence-corrected chi connectivity index (χ4v) is 1.86. The number of carbonyl (C=O) groups is 1. The molecule has 5 heteroatoms. The Morgan fingerprint density at radius 1 is 1.25 bits per heavy atom. The molecule has 82 valence electrons. The molecular formula is C11H9NO3S. The van der Waals surface area contributed by atoms with E-state index in [9.17, 15) is 15.0 Å². The van der Waals surface area contributed by atoms with E-state index in [0.717, 1.165) is 0 Å². The lowest BCUT2D eigenvalue weighted by molar-refractivity contribution is -0.120. The van der Waals surface area contributed by atoms with Gasteiger partial charge in [-0.2, -0.15) is 0 Å². The van der Waals surface area contributed by atoms with Crippen molar-refractivity contribution in [2.45, 2.75) is 5.92 Å². The van der Waals surface area contributed by atoms with Crippen LogP contribution in [-0.2, 0) is 4.79 Å². The van der Waals surface area contributed by atoms with Crippen molar-refractivity contribution in [1.29, 1.82) is 0 Å². The number of carbonyl (C=O) groups excluding carboxylic acids is 1. The maximum absolute atomic E-state index is 11.6. The number of allylic oxidation sites excluding steroid dienone is 1. The van der Waals surface area contributed by atoms with Crippen LogP contribution in [0, 0.1) is 0 Å². The molecule has 1 aliphatic heterocycles. The quantitative estimate of drug-likeness (QED) is 0.505. The number of nitrogens with one attached hydrogen (secondary N) is 1. The zero-order chi connectivity index (χ0) is 11.7. The SMILES string of the molecule is O=C1NC=CC(=S)C1c1ccc(O)c(O)c1. The highest BCUT2D eigenvalue weighted by Gasteiger charge is 2.26. The van der Waals surface area contributed by atoms with Gasteiger partial charge in [0.15, 0.2) is 11.5 Å². The Hall–Kier alpha value is -1.88. The zero-order valence-electron chi connectivity index (χ0n) is 8.18. The van der Waals surface area contributed by atoms with Gasteiger partial charge in [0.25, 0.3) is 0 Å². The first kappa shape index (κ1) is 10.6. The van der Waals surface area contributed by atoms with Gasteiger partial charge in [0.05, 0.1) is 5.92 Å². The Balaban J connectivity index is 2.43. The van der Waals surface area contributed by atoms with Crippen LogP contribution in [0.1, 0.15) is 11.5 Å². The maximum atomic E-state index is 11.6. The first-order valence-corrected chi connectivity index (χ1v) is 5.03. The number of amides is 1. The van der Waals surface area contributed by atoms with Crippen molar-refractivity contribution in [2.24, 2.45) is 0 Å². The molecule has 3 N–H and O–H groups in total. The molecule has 1 aliphatic rings. The first-order valence-electron chi connectivity index (χ1n) is 4.62. The molecule has 0 spiro atoms. The second-order valence-electron chi connectivity index (χ2n) is 3.43. The van der Waals surface area contributed by atoms with E-state index in [0.29, 0.717) is 10.4 Å². The fraction of sp³-hybridized carbons (Fsp3) is 0.0909. The average Bonchev–Trinajstić information content (AvgIpc) is 2.23. The van der Waals surface area contributed by atoms with Crippen molar-refractivity contribution in [3.05, 3.63) is 36.0 Å². The monoisotopic (exact) mass is 235 g/mol. The third-order valence-corrected chi connectivity index (χ3v) is 2.72. The highest BCUT2D eigenvalue weighted by molar-refractivity contribution is 7.81. The molecule has 0 aliphatic carbocycles. The minimum Gasteiger partial charge on any atom is -0.504 e. The summed E-state index contributed by atoms with van der Waals surface area (Å²) in [6, 6.07) is 4.23. The Labute approximate surface area is 97.2 Å². The molecule has 1 aromatic rings. The number of thiocarbonyl (C=S) groups is 1. The third-order valence-electron chi connectivity index (χ3n) is 2.35. The van der Waals surface area contributed by atoms with E-state index in [-0.39, 0.29) is 17.4 Å². The molecule has 16 heavy (non-hydrogen) atoms. The number of phenolic OH excluding ortho intramolecular Hbond substituents is 2. The van der Waals surface area contributed by atoms with E-state index in [2.05, 4.69) is 5.32 Å². The summed E-state index contributed by atoms with van der Waals surface area (Å²) >= 11 is 5.07. The van der Waals surface area contributed by atoms with Crippen molar-refractivity contribution in [3.63, 3.8) is 0 Å². The Morgan fingerprint density at radius 3 is 2.62 bits per heavy atom. The van der Waals surface area contributed by atoms with Gasteiger partial charge in [-0.05, 0) is 23.8 Å². The molecule has 0 saturated carbocycles. The van der Waals surface area contributed by atoms with E-state index in [1.807, 2.05) is 0 Å². The summed E-state index contributed by atoms with van der Waals surface area (Å²) < 4.78 is 0. The second-order valence-corrected chi connectivity index (χ2v) is 3.90. The molecular weight excluding hydrogens is 226 g/mol. The minimum absolute atomic E-state index is 0.221. The molecule has 0 aromatic heterocycles. The van der Waals surface area contributed by atoms with Gasteiger partial charge in [-0.3, -0.25) is 4.79 Å². The number of hydrogen-bond acceptors (Lipinski definition) is 4. The van der Waals surface area contributed by atoms with Crippen LogP contribution in [0.25, 0.3) is 0 Å². The van der Waals surface area contributed by atoms with Crippen LogP contribution in [0.4, 0.5) is 0 Å². The van der Waals surface area contributed by atoms with Crippen molar-refractivity contribution in [2.75, 3.05) is 0 Å². The molecule has 0 bridgehead atoms. The van der Waals surface area contributed by atoms with Crippen LogP contribution in [0.2, 0.25) is 0 Å². The Kier molecular flexibility index (Phi) is 2.62. The fourth-order valence-electron chi connectivity index (χ4n) is 1.55. The predicted molar refractivity (Wildman–Crippen MR) is 62.4 cm³/mol. The van der Waals surface area contributed by atoms with Crippen LogP contribution >= 0.6 is 12.2 Å². The van der Waals surface area contributed by atoms with Gasteiger partial charge in [-0.15, -0.1) is 0 Å². The molecule has 4 nitrogen and oxygen atoms in total. The van der Waals surface area contributed by atoms with Crippen LogP contribution in [-0.4, -0.2) is 21.0 Å². The van der Waals surface area contributed by atoms with E-state index in [4.69, 9.17) is 12.2 Å². The van der Waals surface area contributed by atoms with Gasteiger partial charge in [0, 0.05) is 11.1 Å². The van der Waals surface area contributed by atoms with Gasteiger partial charge < -0.3 is 15.5 Å². The van der Waals surface area contributed by atoms with Crippen LogP contribution in [0.5, 0.6) is 11.5 Å². The minimum atomic E-state index is -0.591. The lowest BCUT2D eigenvalue weighted by atomic mass is 9.93. The first-order chi connectivity index (χ1) is 7.59. The molecule has 1 atom stereocenters. The van der Waals surface area contributed by atoms with E-state index in [1.54, 1.807) is 12.1 Å². The van der Waals surface area contributed by atoms with Crippen LogP contribution in [0.3, 0.4) is 0 Å².